The number of methoxy groups -OCH3 is 1. The summed E-state index contributed by atoms with van der Waals surface area (Å²) in [6.07, 6.45) is 9.03. The van der Waals surface area contributed by atoms with Crippen molar-refractivity contribution < 1.29 is 9.53 Å². The number of nitrogens with one attached hydrogen (secondary N) is 1. The van der Waals surface area contributed by atoms with Gasteiger partial charge in [-0.2, -0.15) is 0 Å². The predicted octanol–water partition coefficient (Wildman–Crippen LogP) is 5.02. The summed E-state index contributed by atoms with van der Waals surface area (Å²) in [5.41, 5.74) is 1.94. The Kier molecular flexibility index (Phi) is 6.84. The van der Waals surface area contributed by atoms with Gasteiger partial charge in [-0.15, -0.1) is 0 Å². The van der Waals surface area contributed by atoms with E-state index in [4.69, 9.17) is 9.72 Å². The highest BCUT2D eigenvalue weighted by Crippen LogP contribution is 2.28. The molecule has 1 saturated carbocycles. The van der Waals surface area contributed by atoms with Gasteiger partial charge in [0.1, 0.15) is 11.6 Å². The van der Waals surface area contributed by atoms with E-state index in [0.29, 0.717) is 6.04 Å². The van der Waals surface area contributed by atoms with Crippen molar-refractivity contribution in [3.8, 4) is 5.75 Å². The lowest BCUT2D eigenvalue weighted by Crippen LogP contribution is -2.46. The molecule has 1 aliphatic carbocycles. The number of nitrogens with zero attached hydrogens (tertiary/aromatic N) is 3. The quantitative estimate of drug-likeness (QED) is 0.544. The Morgan fingerprint density at radius 3 is 2.32 bits per heavy atom. The number of carbonyl (C=O) groups excluding carboxylic acids is 1. The molecule has 0 radical (unpaired) electrons. The third kappa shape index (κ3) is 4.96. The molecular weight excluding hydrogens is 424 g/mol. The molecule has 2 fully saturated rings. The molecule has 1 saturated heterocycles. The van der Waals surface area contributed by atoms with E-state index in [1.807, 2.05) is 36.5 Å². The summed E-state index contributed by atoms with van der Waals surface area (Å²) >= 11 is 0. The highest BCUT2D eigenvalue weighted by molar-refractivity contribution is 6.01. The van der Waals surface area contributed by atoms with E-state index in [0.717, 1.165) is 66.9 Å². The summed E-state index contributed by atoms with van der Waals surface area (Å²) in [5, 5.41) is 5.45. The number of hydrogen-bond acceptors (Lipinski definition) is 5. The van der Waals surface area contributed by atoms with Crippen LogP contribution in [0.2, 0.25) is 0 Å². The van der Waals surface area contributed by atoms with Crippen LogP contribution in [-0.4, -0.2) is 50.2 Å². The number of fused-ring (bicyclic) bond motifs is 1. The van der Waals surface area contributed by atoms with Crippen molar-refractivity contribution in [3.63, 3.8) is 0 Å². The maximum atomic E-state index is 13.0. The second-order valence-electron chi connectivity index (χ2n) is 9.40. The van der Waals surface area contributed by atoms with E-state index < -0.39 is 0 Å². The number of aromatic nitrogens is 1. The molecule has 1 aromatic heterocycles. The number of benzene rings is 2. The number of carbonyl (C=O) groups is 1. The standard InChI is InChI=1S/C28H34N4O2/c1-34-25-12-10-24(11-13-25)31-16-18-32(19-17-31)27-26-20-22(9-8-21(26)14-15-29-27)28(33)30-23-6-4-2-3-5-7-23/h8-15,20,23H,2-7,16-19H2,1H3,(H,30,33). The van der Waals surface area contributed by atoms with Crippen molar-refractivity contribution in [1.82, 2.24) is 10.3 Å². The maximum Gasteiger partial charge on any atom is 0.251 e. The minimum atomic E-state index is 0.0351. The Morgan fingerprint density at radius 2 is 1.62 bits per heavy atom. The molecule has 3 aromatic rings. The minimum absolute atomic E-state index is 0.0351. The summed E-state index contributed by atoms with van der Waals surface area (Å²) in [5.74, 6) is 1.88. The highest BCUT2D eigenvalue weighted by atomic mass is 16.5. The van der Waals surface area contributed by atoms with E-state index in [9.17, 15) is 4.79 Å². The van der Waals surface area contributed by atoms with Crippen molar-refractivity contribution in [2.75, 3.05) is 43.1 Å². The van der Waals surface area contributed by atoms with Gasteiger partial charge in [0.2, 0.25) is 0 Å². The number of hydrogen-bond donors (Lipinski definition) is 1. The lowest BCUT2D eigenvalue weighted by molar-refractivity contribution is 0.0933. The van der Waals surface area contributed by atoms with Crippen LogP contribution in [0.3, 0.4) is 0 Å². The van der Waals surface area contributed by atoms with Crippen LogP contribution < -0.4 is 19.9 Å². The minimum Gasteiger partial charge on any atom is -0.497 e. The zero-order valence-electron chi connectivity index (χ0n) is 20.0. The van der Waals surface area contributed by atoms with Gasteiger partial charge in [-0.3, -0.25) is 4.79 Å². The van der Waals surface area contributed by atoms with Crippen molar-refractivity contribution >= 4 is 28.2 Å². The van der Waals surface area contributed by atoms with Gasteiger partial charge in [0, 0.05) is 55.1 Å². The Morgan fingerprint density at radius 1 is 0.912 bits per heavy atom. The van der Waals surface area contributed by atoms with Crippen LogP contribution in [0.15, 0.2) is 54.7 Å². The summed E-state index contributed by atoms with van der Waals surface area (Å²) in [6.45, 7) is 3.62. The Labute approximate surface area is 201 Å². The van der Waals surface area contributed by atoms with Crippen molar-refractivity contribution in [1.29, 1.82) is 0 Å². The summed E-state index contributed by atoms with van der Waals surface area (Å²) in [4.78, 5) is 22.5. The first-order valence-electron chi connectivity index (χ1n) is 12.5. The number of anilines is 2. The summed E-state index contributed by atoms with van der Waals surface area (Å²) in [6, 6.07) is 16.6. The van der Waals surface area contributed by atoms with Gasteiger partial charge in [-0.05, 0) is 60.7 Å². The number of rotatable bonds is 5. The topological polar surface area (TPSA) is 57.7 Å². The average Bonchev–Trinajstić information content (AvgIpc) is 3.17. The number of pyridine rings is 1. The molecule has 34 heavy (non-hydrogen) atoms. The van der Waals surface area contributed by atoms with E-state index in [1.165, 1.54) is 31.4 Å². The summed E-state index contributed by atoms with van der Waals surface area (Å²) < 4.78 is 5.28. The molecule has 0 spiro atoms. The second-order valence-corrected chi connectivity index (χ2v) is 9.40. The van der Waals surface area contributed by atoms with Crippen molar-refractivity contribution in [2.45, 2.75) is 44.6 Å². The molecule has 1 aliphatic heterocycles. The zero-order valence-corrected chi connectivity index (χ0v) is 20.0. The van der Waals surface area contributed by atoms with E-state index in [1.54, 1.807) is 7.11 Å². The second kappa shape index (κ2) is 10.3. The van der Waals surface area contributed by atoms with E-state index in [-0.39, 0.29) is 5.91 Å². The lowest BCUT2D eigenvalue weighted by atomic mass is 10.1. The molecule has 6 heteroatoms. The predicted molar refractivity (Wildman–Crippen MR) is 138 cm³/mol. The number of piperazine rings is 1. The molecule has 2 heterocycles. The smallest absolute Gasteiger partial charge is 0.251 e. The SMILES string of the molecule is COc1ccc(N2CCN(c3nccc4ccc(C(=O)NC5CCCCCC5)cc34)CC2)cc1. The van der Waals surface area contributed by atoms with E-state index >= 15 is 0 Å². The van der Waals surface area contributed by atoms with Crippen LogP contribution in [-0.2, 0) is 0 Å². The van der Waals surface area contributed by atoms with Crippen LogP contribution in [0.5, 0.6) is 5.75 Å². The highest BCUT2D eigenvalue weighted by Gasteiger charge is 2.21. The van der Waals surface area contributed by atoms with Crippen LogP contribution in [0.25, 0.3) is 10.8 Å². The number of ether oxygens (including phenoxy) is 1. The van der Waals surface area contributed by atoms with Gasteiger partial charge in [-0.1, -0.05) is 31.7 Å². The third-order valence-electron chi connectivity index (χ3n) is 7.21. The Hall–Kier alpha value is -3.28. The van der Waals surface area contributed by atoms with Crippen LogP contribution in [0.1, 0.15) is 48.9 Å². The largest absolute Gasteiger partial charge is 0.497 e. The molecule has 0 atom stereocenters. The first kappa shape index (κ1) is 22.5. The van der Waals surface area contributed by atoms with Gasteiger partial charge in [-0.25, -0.2) is 4.98 Å². The maximum absolute atomic E-state index is 13.0. The zero-order chi connectivity index (χ0) is 23.3. The molecule has 178 valence electrons. The molecule has 1 amide bonds. The molecule has 2 aliphatic rings. The van der Waals surface area contributed by atoms with Gasteiger partial charge >= 0.3 is 0 Å². The molecule has 5 rings (SSSR count). The molecule has 0 unspecified atom stereocenters. The Balaban J connectivity index is 1.31. The van der Waals surface area contributed by atoms with E-state index in [2.05, 4.69) is 33.3 Å². The first-order chi connectivity index (χ1) is 16.7. The molecule has 2 aromatic carbocycles. The van der Waals surface area contributed by atoms with Gasteiger partial charge in [0.05, 0.1) is 7.11 Å². The van der Waals surface area contributed by atoms with Crippen LogP contribution >= 0.6 is 0 Å². The summed E-state index contributed by atoms with van der Waals surface area (Å²) in [7, 11) is 1.69. The van der Waals surface area contributed by atoms with Crippen LogP contribution in [0, 0.1) is 0 Å². The molecule has 6 nitrogen and oxygen atoms in total. The van der Waals surface area contributed by atoms with Crippen molar-refractivity contribution in [2.24, 2.45) is 0 Å². The molecular formula is C28H34N4O2. The fourth-order valence-electron chi connectivity index (χ4n) is 5.21. The van der Waals surface area contributed by atoms with Gasteiger partial charge in [0.25, 0.3) is 5.91 Å². The monoisotopic (exact) mass is 458 g/mol. The average molecular weight is 459 g/mol. The lowest BCUT2D eigenvalue weighted by Gasteiger charge is -2.37. The Bertz CT molecular complexity index is 1110. The normalized spacial score (nSPS) is 17.4. The molecule has 0 bridgehead atoms. The van der Waals surface area contributed by atoms with Gasteiger partial charge < -0.3 is 19.9 Å². The third-order valence-corrected chi connectivity index (χ3v) is 7.21. The first-order valence-corrected chi connectivity index (χ1v) is 12.5. The van der Waals surface area contributed by atoms with Crippen molar-refractivity contribution in [3.05, 3.63) is 60.3 Å². The molecule has 1 N–H and O–H groups in total. The fraction of sp³-hybridized carbons (Fsp3) is 0.429. The fourth-order valence-corrected chi connectivity index (χ4v) is 5.21. The van der Waals surface area contributed by atoms with Gasteiger partial charge in [0.15, 0.2) is 0 Å². The number of amides is 1. The van der Waals surface area contributed by atoms with Crippen LogP contribution in [0.4, 0.5) is 11.5 Å².